The largest absolute Gasteiger partial charge is 0.493 e. The molecule has 38 heavy (non-hydrogen) atoms. The lowest BCUT2D eigenvalue weighted by Crippen LogP contribution is -2.63. The van der Waals surface area contributed by atoms with Crippen molar-refractivity contribution in [3.8, 4) is 17.6 Å². The first kappa shape index (κ1) is 31.8. The van der Waals surface area contributed by atoms with Crippen molar-refractivity contribution in [2.75, 3.05) is 14.2 Å². The van der Waals surface area contributed by atoms with Crippen molar-refractivity contribution < 1.29 is 32.4 Å². The molecule has 1 atom stereocenters. The molecule has 1 aromatic carbocycles. The average molecular weight is 579 g/mol. The van der Waals surface area contributed by atoms with Crippen LogP contribution in [0.3, 0.4) is 0 Å². The summed E-state index contributed by atoms with van der Waals surface area (Å²) in [7, 11) is -5.64. The van der Waals surface area contributed by atoms with E-state index in [9.17, 15) is 20.0 Å². The molecule has 0 radical (unpaired) electrons. The molecule has 0 fully saturated rings. The third kappa shape index (κ3) is 6.07. The maximum atomic E-state index is 13.6. The smallest absolute Gasteiger partial charge is 0.349 e. The van der Waals surface area contributed by atoms with Gasteiger partial charge >= 0.3 is 14.5 Å². The summed E-state index contributed by atoms with van der Waals surface area (Å²) in [4.78, 5) is 25.9. The van der Waals surface area contributed by atoms with Crippen LogP contribution in [0.5, 0.6) is 11.5 Å². The van der Waals surface area contributed by atoms with E-state index in [2.05, 4.69) is 6.07 Å². The van der Waals surface area contributed by atoms with Gasteiger partial charge in [-0.3, -0.25) is 9.59 Å². The number of carbonyl (C=O) groups is 2. The topological polar surface area (TPSA) is 141 Å². The van der Waals surface area contributed by atoms with Gasteiger partial charge in [-0.25, -0.2) is 0 Å². The lowest BCUT2D eigenvalue weighted by molar-refractivity contribution is -0.136. The number of primary amides is 1. The summed E-state index contributed by atoms with van der Waals surface area (Å²) in [6, 6.07) is 5.84. The number of carbonyl (C=O) groups excluding carboxylic acids is 1. The number of fused-ring (bicyclic) bond motifs is 1. The van der Waals surface area contributed by atoms with Crippen molar-refractivity contribution in [2.24, 2.45) is 5.73 Å². The van der Waals surface area contributed by atoms with E-state index < -0.39 is 53.9 Å². The van der Waals surface area contributed by atoms with Gasteiger partial charge in [-0.2, -0.15) is 5.26 Å². The van der Waals surface area contributed by atoms with Crippen LogP contribution in [0.25, 0.3) is 5.57 Å². The van der Waals surface area contributed by atoms with Crippen molar-refractivity contribution in [2.45, 2.75) is 83.0 Å². The Bertz CT molecular complexity index is 1180. The minimum absolute atomic E-state index is 0.129. The maximum Gasteiger partial charge on any atom is 0.349 e. The van der Waals surface area contributed by atoms with Crippen molar-refractivity contribution in [1.29, 1.82) is 5.26 Å². The molecule has 9 nitrogen and oxygen atoms in total. The number of carboxylic acids is 1. The second-order valence-electron chi connectivity index (χ2n) is 12.4. The minimum atomic E-state index is -3.86. The van der Waals surface area contributed by atoms with E-state index in [1.165, 1.54) is 7.11 Å². The summed E-state index contributed by atoms with van der Waals surface area (Å²) in [6.45, 7) is 17.4. The number of nitriles is 1. The number of amides is 1. The molecule has 0 spiro atoms. The molecule has 1 aliphatic carbocycles. The SMILES string of the molecule is COc1cc2c(cc1OC)C(C)(C)CC2=C(CC(=O)O)C(C#N)(C(N)=O)[Si](C)(O[Si](C)(C)C)O[Si](C)(C)C. The standard InChI is InChI=1S/C26H42N2O7Si3/c1-25(2)15-18(17-12-21(32-3)22(33-4)13-19(17)25)20(14-23(29)30)26(16-27,24(28)31)38(11,34-36(5,6)7)35-37(8,9)10/h12-13H,14-15H2,1-11H3,(H2,28,31)(H,29,30). The van der Waals surface area contributed by atoms with Crippen LogP contribution in [0.1, 0.15) is 37.8 Å². The highest BCUT2D eigenvalue weighted by Crippen LogP contribution is 2.57. The van der Waals surface area contributed by atoms with E-state index in [0.29, 0.717) is 29.1 Å². The third-order valence-corrected chi connectivity index (χ3v) is 16.6. The monoisotopic (exact) mass is 578 g/mol. The molecule has 0 saturated carbocycles. The molecule has 12 heteroatoms. The van der Waals surface area contributed by atoms with Crippen LogP contribution < -0.4 is 15.2 Å². The lowest BCUT2D eigenvalue weighted by Gasteiger charge is -2.46. The number of hydrogen-bond donors (Lipinski definition) is 2. The maximum absolute atomic E-state index is 13.6. The molecule has 0 saturated heterocycles. The van der Waals surface area contributed by atoms with Crippen LogP contribution in [0.15, 0.2) is 17.7 Å². The molecule has 1 aliphatic rings. The van der Waals surface area contributed by atoms with Crippen LogP contribution in [-0.2, 0) is 23.2 Å². The van der Waals surface area contributed by atoms with Gasteiger partial charge in [0.25, 0.3) is 0 Å². The van der Waals surface area contributed by atoms with E-state index in [4.69, 9.17) is 23.4 Å². The van der Waals surface area contributed by atoms with Crippen molar-refractivity contribution >= 4 is 42.6 Å². The molecule has 0 aromatic heterocycles. The van der Waals surface area contributed by atoms with Gasteiger partial charge in [-0.1, -0.05) is 13.8 Å². The number of carboxylic acid groups (broad SMARTS) is 1. The van der Waals surface area contributed by atoms with Gasteiger partial charge in [0, 0.05) is 0 Å². The first-order valence-electron chi connectivity index (χ1n) is 12.5. The highest BCUT2D eigenvalue weighted by Gasteiger charge is 2.65. The highest BCUT2D eigenvalue weighted by molar-refractivity contribution is 6.91. The fourth-order valence-electron chi connectivity index (χ4n) is 5.42. The molecule has 1 amide bonds. The first-order chi connectivity index (χ1) is 17.2. The molecular weight excluding hydrogens is 537 g/mol. The lowest BCUT2D eigenvalue weighted by atomic mass is 9.84. The summed E-state index contributed by atoms with van der Waals surface area (Å²) in [5, 5.41) is 18.9. The van der Waals surface area contributed by atoms with Gasteiger partial charge in [-0.05, 0) is 92.1 Å². The molecule has 0 aliphatic heterocycles. The quantitative estimate of drug-likeness (QED) is 0.344. The van der Waals surface area contributed by atoms with E-state index in [-0.39, 0.29) is 5.57 Å². The molecule has 3 N–H and O–H groups in total. The van der Waals surface area contributed by atoms with Crippen LogP contribution in [0, 0.1) is 11.3 Å². The normalized spacial score (nSPS) is 18.2. The summed E-state index contributed by atoms with van der Waals surface area (Å²) in [5.74, 6) is -1.15. The fraction of sp³-hybridized carbons (Fsp3) is 0.577. The van der Waals surface area contributed by atoms with Gasteiger partial charge < -0.3 is 28.5 Å². The number of allylic oxidation sites excluding steroid dienone is 1. The molecule has 210 valence electrons. The number of aliphatic carboxylic acids is 1. The molecule has 1 unspecified atom stereocenters. The predicted molar refractivity (Wildman–Crippen MR) is 154 cm³/mol. The number of nitrogens with zero attached hydrogens (tertiary/aromatic N) is 1. The molecule has 2 rings (SSSR count). The van der Waals surface area contributed by atoms with Crippen molar-refractivity contribution in [1.82, 2.24) is 0 Å². The molecular formula is C26H42N2O7Si3. The Labute approximate surface area is 229 Å². The van der Waals surface area contributed by atoms with Gasteiger partial charge in [0.2, 0.25) is 5.91 Å². The first-order valence-corrected chi connectivity index (χ1v) is 21.6. The Morgan fingerprint density at radius 2 is 1.50 bits per heavy atom. The second-order valence-corrected chi connectivity index (χ2v) is 25.2. The van der Waals surface area contributed by atoms with Gasteiger partial charge in [-0.15, -0.1) is 0 Å². The van der Waals surface area contributed by atoms with Gasteiger partial charge in [0.05, 0.1) is 26.7 Å². The van der Waals surface area contributed by atoms with Crippen molar-refractivity contribution in [3.63, 3.8) is 0 Å². The number of nitrogens with two attached hydrogens (primary N) is 1. The van der Waals surface area contributed by atoms with Crippen LogP contribution in [0.2, 0.25) is 50.9 Å². The minimum Gasteiger partial charge on any atom is -0.493 e. The Hall–Kier alpha value is -2.44. The van der Waals surface area contributed by atoms with Crippen molar-refractivity contribution in [3.05, 3.63) is 28.8 Å². The molecule has 0 heterocycles. The number of methoxy groups -OCH3 is 2. The Balaban J connectivity index is 3.15. The van der Waals surface area contributed by atoms with Crippen LogP contribution >= 0.6 is 0 Å². The number of ether oxygens (including phenoxy) is 2. The summed E-state index contributed by atoms with van der Waals surface area (Å²) < 4.78 is 24.4. The fourth-order valence-corrected chi connectivity index (χ4v) is 18.0. The van der Waals surface area contributed by atoms with Crippen LogP contribution in [-0.4, -0.2) is 56.4 Å². The second kappa shape index (κ2) is 10.6. The third-order valence-electron chi connectivity index (χ3n) is 6.56. The van der Waals surface area contributed by atoms with Crippen LogP contribution in [0.4, 0.5) is 0 Å². The van der Waals surface area contributed by atoms with E-state index >= 15 is 0 Å². The zero-order valence-electron chi connectivity index (χ0n) is 24.5. The predicted octanol–water partition coefficient (Wildman–Crippen LogP) is 5.14. The van der Waals surface area contributed by atoms with E-state index in [1.54, 1.807) is 19.7 Å². The molecule has 0 bridgehead atoms. The zero-order valence-corrected chi connectivity index (χ0v) is 27.5. The summed E-state index contributed by atoms with van der Waals surface area (Å²) in [5.41, 5.74) is 7.95. The number of rotatable bonds is 11. The summed E-state index contributed by atoms with van der Waals surface area (Å²) >= 11 is 0. The number of benzene rings is 1. The van der Waals surface area contributed by atoms with E-state index in [0.717, 1.165) is 5.56 Å². The Morgan fingerprint density at radius 1 is 1.03 bits per heavy atom. The zero-order chi connectivity index (χ0) is 29.5. The Kier molecular flexibility index (Phi) is 8.88. The Morgan fingerprint density at radius 3 is 1.87 bits per heavy atom. The highest BCUT2D eigenvalue weighted by atomic mass is 28.5. The molecule has 1 aromatic rings. The number of hydrogen-bond acceptors (Lipinski definition) is 7. The summed E-state index contributed by atoms with van der Waals surface area (Å²) in [6.07, 6.45) is -0.190. The van der Waals surface area contributed by atoms with Gasteiger partial charge in [0.15, 0.2) is 33.2 Å². The van der Waals surface area contributed by atoms with E-state index in [1.807, 2.05) is 59.2 Å². The average Bonchev–Trinajstić information content (AvgIpc) is 2.99. The van der Waals surface area contributed by atoms with Gasteiger partial charge in [0.1, 0.15) is 0 Å².